The number of nitrogens with one attached hydrogen (secondary N) is 1. The highest BCUT2D eigenvalue weighted by molar-refractivity contribution is 6.30. The highest BCUT2D eigenvalue weighted by atomic mass is 35.5. The first-order chi connectivity index (χ1) is 9.15. The first kappa shape index (κ1) is 13.4. The fourth-order valence-corrected chi connectivity index (χ4v) is 2.02. The monoisotopic (exact) mass is 270 g/mol. The molecule has 0 aliphatic heterocycles. The average molecular weight is 271 g/mol. The van der Waals surface area contributed by atoms with Crippen LogP contribution in [0.5, 0.6) is 0 Å². The smallest absolute Gasteiger partial charge is 0.0927 e. The van der Waals surface area contributed by atoms with Crippen LogP contribution >= 0.6 is 11.6 Å². The molecule has 0 radical (unpaired) electrons. The van der Waals surface area contributed by atoms with E-state index in [4.69, 9.17) is 11.6 Å². The maximum atomic E-state index is 6.01. The molecule has 96 valence electrons. The zero-order chi connectivity index (χ0) is 13.8. The molecule has 1 N–H and O–H groups in total. The van der Waals surface area contributed by atoms with Crippen molar-refractivity contribution in [2.45, 2.75) is 0 Å². The van der Waals surface area contributed by atoms with Crippen LogP contribution in [0.1, 0.15) is 11.3 Å². The van der Waals surface area contributed by atoms with Crippen LogP contribution in [0.2, 0.25) is 5.02 Å². The van der Waals surface area contributed by atoms with E-state index in [1.165, 1.54) is 0 Å². The molecule has 0 saturated carbocycles. The maximum Gasteiger partial charge on any atom is 0.0927 e. The van der Waals surface area contributed by atoms with Crippen LogP contribution in [0, 0.1) is 0 Å². The summed E-state index contributed by atoms with van der Waals surface area (Å²) in [4.78, 5) is 4.45. The van der Waals surface area contributed by atoms with Gasteiger partial charge in [0.15, 0.2) is 0 Å². The van der Waals surface area contributed by atoms with Crippen LogP contribution < -0.4 is 5.32 Å². The molecular formula is C16H15ClN2. The summed E-state index contributed by atoms with van der Waals surface area (Å²) in [5, 5.41) is 3.71. The highest BCUT2D eigenvalue weighted by Crippen LogP contribution is 2.25. The van der Waals surface area contributed by atoms with Crippen molar-refractivity contribution < 1.29 is 0 Å². The number of rotatable bonds is 4. The van der Waals surface area contributed by atoms with Crippen LogP contribution in [0.4, 0.5) is 0 Å². The van der Waals surface area contributed by atoms with Crippen molar-refractivity contribution in [3.63, 3.8) is 0 Å². The second-order valence-electron chi connectivity index (χ2n) is 4.10. The minimum atomic E-state index is 0.710. The van der Waals surface area contributed by atoms with Gasteiger partial charge in [0.05, 0.1) is 11.4 Å². The number of hydrogen-bond donors (Lipinski definition) is 1. The summed E-state index contributed by atoms with van der Waals surface area (Å²) < 4.78 is 0. The molecule has 0 aliphatic rings. The predicted octanol–water partition coefficient (Wildman–Crippen LogP) is 4.24. The molecule has 0 bridgehead atoms. The van der Waals surface area contributed by atoms with Gasteiger partial charge in [0, 0.05) is 29.4 Å². The van der Waals surface area contributed by atoms with E-state index in [1.54, 1.807) is 6.08 Å². The Morgan fingerprint density at radius 3 is 2.74 bits per heavy atom. The fraction of sp³-hybridized carbons (Fsp3) is 0.0625. The first-order valence-electron chi connectivity index (χ1n) is 5.91. The van der Waals surface area contributed by atoms with Crippen molar-refractivity contribution in [3.8, 4) is 11.1 Å². The Kier molecular flexibility index (Phi) is 4.03. The molecule has 0 saturated heterocycles. The van der Waals surface area contributed by atoms with E-state index in [-0.39, 0.29) is 0 Å². The van der Waals surface area contributed by atoms with Crippen LogP contribution in [0.25, 0.3) is 22.9 Å². The second-order valence-corrected chi connectivity index (χ2v) is 4.54. The Balaban J connectivity index is 2.50. The minimum Gasteiger partial charge on any atom is -0.387 e. The van der Waals surface area contributed by atoms with Crippen molar-refractivity contribution in [1.29, 1.82) is 0 Å². The summed E-state index contributed by atoms with van der Waals surface area (Å²) in [5.41, 5.74) is 4.56. The molecule has 0 spiro atoms. The molecule has 1 heterocycles. The molecule has 2 rings (SSSR count). The number of halogens is 1. The van der Waals surface area contributed by atoms with Gasteiger partial charge in [-0.05, 0) is 23.8 Å². The Bertz CT molecular complexity index is 632. The zero-order valence-electron chi connectivity index (χ0n) is 10.8. The van der Waals surface area contributed by atoms with Crippen LogP contribution in [0.3, 0.4) is 0 Å². The summed E-state index contributed by atoms with van der Waals surface area (Å²) >= 11 is 6.01. The molecule has 1 aromatic carbocycles. The zero-order valence-corrected chi connectivity index (χ0v) is 11.5. The summed E-state index contributed by atoms with van der Waals surface area (Å²) in [6, 6.07) is 9.72. The van der Waals surface area contributed by atoms with E-state index in [0.717, 1.165) is 28.1 Å². The third-order valence-corrected chi connectivity index (χ3v) is 3.12. The second kappa shape index (κ2) is 5.72. The standard InChI is InChI=1S/C16H15ClN2/c1-4-12-8-14(10-19-16(12)11(2)18-3)13-6-5-7-15(17)9-13/h4-10,18H,1-2H2,3H3. The molecule has 19 heavy (non-hydrogen) atoms. The SMILES string of the molecule is C=Cc1cc(-c2cccc(Cl)c2)cnc1C(=C)NC. The van der Waals surface area contributed by atoms with Gasteiger partial charge in [-0.1, -0.05) is 43.0 Å². The van der Waals surface area contributed by atoms with Gasteiger partial charge in [0.1, 0.15) is 0 Å². The van der Waals surface area contributed by atoms with Crippen molar-refractivity contribution in [3.05, 3.63) is 66.0 Å². The average Bonchev–Trinajstić information content (AvgIpc) is 2.45. The third-order valence-electron chi connectivity index (χ3n) is 2.88. The van der Waals surface area contributed by atoms with Crippen LogP contribution in [-0.4, -0.2) is 12.0 Å². The summed E-state index contributed by atoms with van der Waals surface area (Å²) in [7, 11) is 1.82. The van der Waals surface area contributed by atoms with Crippen molar-refractivity contribution >= 4 is 23.4 Å². The van der Waals surface area contributed by atoms with Crippen LogP contribution in [0.15, 0.2) is 49.7 Å². The molecule has 2 nitrogen and oxygen atoms in total. The molecule has 3 heteroatoms. The molecular weight excluding hydrogens is 256 g/mol. The van der Waals surface area contributed by atoms with E-state index in [2.05, 4.69) is 23.5 Å². The Morgan fingerprint density at radius 2 is 2.11 bits per heavy atom. The van der Waals surface area contributed by atoms with E-state index < -0.39 is 0 Å². The maximum absolute atomic E-state index is 6.01. The number of nitrogens with zero attached hydrogens (tertiary/aromatic N) is 1. The van der Waals surface area contributed by atoms with Gasteiger partial charge in [0.2, 0.25) is 0 Å². The normalized spacial score (nSPS) is 10.0. The highest BCUT2D eigenvalue weighted by Gasteiger charge is 2.07. The van der Waals surface area contributed by atoms with E-state index >= 15 is 0 Å². The van der Waals surface area contributed by atoms with Crippen molar-refractivity contribution in [2.75, 3.05) is 7.05 Å². The largest absolute Gasteiger partial charge is 0.387 e. The molecule has 1 aromatic heterocycles. The fourth-order valence-electron chi connectivity index (χ4n) is 1.83. The van der Waals surface area contributed by atoms with Crippen molar-refractivity contribution in [2.24, 2.45) is 0 Å². The Labute approximate surface area is 118 Å². The lowest BCUT2D eigenvalue weighted by Crippen LogP contribution is -2.06. The lowest BCUT2D eigenvalue weighted by Gasteiger charge is -2.10. The third kappa shape index (κ3) is 2.85. The van der Waals surface area contributed by atoms with Gasteiger partial charge in [0.25, 0.3) is 0 Å². The molecule has 0 atom stereocenters. The number of pyridine rings is 1. The lowest BCUT2D eigenvalue weighted by molar-refractivity contribution is 1.09. The van der Waals surface area contributed by atoms with Crippen molar-refractivity contribution in [1.82, 2.24) is 10.3 Å². The van der Waals surface area contributed by atoms with Gasteiger partial charge in [-0.15, -0.1) is 0 Å². The Morgan fingerprint density at radius 1 is 1.32 bits per heavy atom. The lowest BCUT2D eigenvalue weighted by atomic mass is 10.0. The topological polar surface area (TPSA) is 24.9 Å². The van der Waals surface area contributed by atoms with E-state index in [9.17, 15) is 0 Å². The summed E-state index contributed by atoms with van der Waals surface area (Å²) in [5.74, 6) is 0. The summed E-state index contributed by atoms with van der Waals surface area (Å²) in [6.45, 7) is 7.75. The minimum absolute atomic E-state index is 0.710. The molecule has 2 aromatic rings. The van der Waals surface area contributed by atoms with E-state index in [0.29, 0.717) is 5.02 Å². The number of hydrogen-bond acceptors (Lipinski definition) is 2. The van der Waals surface area contributed by atoms with Gasteiger partial charge >= 0.3 is 0 Å². The molecule has 0 aliphatic carbocycles. The summed E-state index contributed by atoms with van der Waals surface area (Å²) in [6.07, 6.45) is 3.59. The molecule has 0 amide bonds. The predicted molar refractivity (Wildman–Crippen MR) is 82.9 cm³/mol. The van der Waals surface area contributed by atoms with Gasteiger partial charge < -0.3 is 5.32 Å². The first-order valence-corrected chi connectivity index (χ1v) is 6.29. The van der Waals surface area contributed by atoms with Crippen LogP contribution in [-0.2, 0) is 0 Å². The van der Waals surface area contributed by atoms with Gasteiger partial charge in [-0.2, -0.15) is 0 Å². The Hall–Kier alpha value is -2.06. The molecule has 0 fully saturated rings. The number of benzene rings is 1. The van der Waals surface area contributed by atoms with E-state index in [1.807, 2.05) is 43.6 Å². The van der Waals surface area contributed by atoms with Gasteiger partial charge in [-0.25, -0.2) is 0 Å². The molecule has 0 unspecified atom stereocenters. The van der Waals surface area contributed by atoms with Gasteiger partial charge in [-0.3, -0.25) is 4.98 Å². The quantitative estimate of drug-likeness (QED) is 0.899. The number of aromatic nitrogens is 1.